The Hall–Kier alpha value is -1.80. The molecule has 2 nitrogen and oxygen atoms in total. The topological polar surface area (TPSA) is 24.1 Å². The minimum absolute atomic E-state index is 0.957. The zero-order valence-electron chi connectivity index (χ0n) is 10.6. The summed E-state index contributed by atoms with van der Waals surface area (Å²) in [5.41, 5.74) is 2.57. The summed E-state index contributed by atoms with van der Waals surface area (Å²) in [6.07, 6.45) is 1.09. The van der Waals surface area contributed by atoms with Crippen molar-refractivity contribution in [3.8, 4) is 0 Å². The van der Waals surface area contributed by atoms with E-state index in [1.165, 1.54) is 11.3 Å². The van der Waals surface area contributed by atoms with Crippen molar-refractivity contribution >= 4 is 5.69 Å². The third kappa shape index (κ3) is 4.60. The fourth-order valence-corrected chi connectivity index (χ4v) is 1.85. The van der Waals surface area contributed by atoms with Gasteiger partial charge in [-0.05, 0) is 30.7 Å². The van der Waals surface area contributed by atoms with E-state index in [-0.39, 0.29) is 0 Å². The lowest BCUT2D eigenvalue weighted by molar-refractivity contribution is 0.699. The molecule has 0 atom stereocenters. The van der Waals surface area contributed by atoms with Gasteiger partial charge in [0.1, 0.15) is 0 Å². The number of nitrogens with one attached hydrogen (secondary N) is 2. The molecule has 0 heterocycles. The largest absolute Gasteiger partial charge is 0.384 e. The number of benzene rings is 2. The molecule has 0 aliphatic heterocycles. The highest BCUT2D eigenvalue weighted by atomic mass is 14.9. The molecule has 0 aromatic heterocycles. The molecule has 0 aliphatic carbocycles. The lowest BCUT2D eigenvalue weighted by Crippen LogP contribution is -2.24. The average molecular weight is 240 g/mol. The second-order valence-corrected chi connectivity index (χ2v) is 4.28. The smallest absolute Gasteiger partial charge is 0.0340 e. The van der Waals surface area contributed by atoms with Crippen molar-refractivity contribution in [2.24, 2.45) is 0 Å². The van der Waals surface area contributed by atoms with Gasteiger partial charge in [-0.3, -0.25) is 0 Å². The molecule has 2 N–H and O–H groups in total. The van der Waals surface area contributed by atoms with Crippen molar-refractivity contribution in [1.29, 1.82) is 0 Å². The van der Waals surface area contributed by atoms with Crippen molar-refractivity contribution in [1.82, 2.24) is 5.32 Å². The maximum atomic E-state index is 3.44. The number of para-hydroxylation sites is 1. The maximum Gasteiger partial charge on any atom is 0.0340 e. The zero-order chi connectivity index (χ0) is 12.5. The molecular weight excluding hydrogens is 220 g/mol. The van der Waals surface area contributed by atoms with E-state index in [1.54, 1.807) is 0 Å². The summed E-state index contributed by atoms with van der Waals surface area (Å²) in [5, 5.41) is 6.82. The van der Waals surface area contributed by atoms with Gasteiger partial charge in [0.2, 0.25) is 0 Å². The SMILES string of the molecule is c1ccc(CCNCCNc2ccccc2)cc1. The Morgan fingerprint density at radius 1 is 0.667 bits per heavy atom. The first-order valence-electron chi connectivity index (χ1n) is 6.49. The molecule has 0 saturated heterocycles. The van der Waals surface area contributed by atoms with Crippen molar-refractivity contribution in [2.45, 2.75) is 6.42 Å². The van der Waals surface area contributed by atoms with Crippen LogP contribution < -0.4 is 10.6 Å². The third-order valence-electron chi connectivity index (χ3n) is 2.84. The summed E-state index contributed by atoms with van der Waals surface area (Å²) in [6.45, 7) is 2.97. The summed E-state index contributed by atoms with van der Waals surface area (Å²) < 4.78 is 0. The van der Waals surface area contributed by atoms with Crippen molar-refractivity contribution < 1.29 is 0 Å². The van der Waals surface area contributed by atoms with E-state index in [2.05, 4.69) is 53.1 Å². The van der Waals surface area contributed by atoms with E-state index < -0.39 is 0 Å². The van der Waals surface area contributed by atoms with Crippen LogP contribution in [0.1, 0.15) is 5.56 Å². The summed E-state index contributed by atoms with van der Waals surface area (Å²) in [5.74, 6) is 0. The van der Waals surface area contributed by atoms with Gasteiger partial charge in [0.15, 0.2) is 0 Å². The molecule has 0 fully saturated rings. The van der Waals surface area contributed by atoms with Gasteiger partial charge >= 0.3 is 0 Å². The predicted molar refractivity (Wildman–Crippen MR) is 77.9 cm³/mol. The second-order valence-electron chi connectivity index (χ2n) is 4.28. The Balaban J connectivity index is 1.54. The van der Waals surface area contributed by atoms with Crippen LogP contribution in [0.25, 0.3) is 0 Å². The van der Waals surface area contributed by atoms with Crippen LogP contribution in [0.5, 0.6) is 0 Å². The fourth-order valence-electron chi connectivity index (χ4n) is 1.85. The monoisotopic (exact) mass is 240 g/mol. The first-order chi connectivity index (χ1) is 8.95. The Morgan fingerprint density at radius 2 is 1.33 bits per heavy atom. The Morgan fingerprint density at radius 3 is 2.06 bits per heavy atom. The van der Waals surface area contributed by atoms with Crippen LogP contribution >= 0.6 is 0 Å². The standard InChI is InChI=1S/C16H20N2/c1-3-7-15(8-4-1)11-12-17-13-14-18-16-9-5-2-6-10-16/h1-10,17-18H,11-14H2. The first kappa shape index (κ1) is 12.7. The van der Waals surface area contributed by atoms with E-state index in [0.717, 1.165) is 26.1 Å². The summed E-state index contributed by atoms with van der Waals surface area (Å²) in [4.78, 5) is 0. The molecule has 18 heavy (non-hydrogen) atoms. The quantitative estimate of drug-likeness (QED) is 0.727. The van der Waals surface area contributed by atoms with Crippen LogP contribution in [0.3, 0.4) is 0 Å². The van der Waals surface area contributed by atoms with Crippen LogP contribution in [0.15, 0.2) is 60.7 Å². The van der Waals surface area contributed by atoms with Gasteiger partial charge in [0.25, 0.3) is 0 Å². The Bertz CT molecular complexity index is 382. The van der Waals surface area contributed by atoms with Gasteiger partial charge in [0, 0.05) is 18.8 Å². The number of hydrogen-bond acceptors (Lipinski definition) is 2. The van der Waals surface area contributed by atoms with Crippen LogP contribution in [-0.4, -0.2) is 19.6 Å². The molecule has 0 unspecified atom stereocenters. The molecular formula is C16H20N2. The van der Waals surface area contributed by atoms with Gasteiger partial charge in [-0.1, -0.05) is 48.5 Å². The van der Waals surface area contributed by atoms with Gasteiger partial charge < -0.3 is 10.6 Å². The molecule has 2 aromatic carbocycles. The molecule has 2 rings (SSSR count). The molecule has 2 heteroatoms. The third-order valence-corrected chi connectivity index (χ3v) is 2.84. The summed E-state index contributed by atoms with van der Waals surface area (Å²) >= 11 is 0. The van der Waals surface area contributed by atoms with E-state index in [4.69, 9.17) is 0 Å². The van der Waals surface area contributed by atoms with Crippen LogP contribution in [0.4, 0.5) is 5.69 Å². The average Bonchev–Trinajstić information content (AvgIpc) is 2.45. The summed E-state index contributed by atoms with van der Waals surface area (Å²) in [6, 6.07) is 20.9. The molecule has 0 saturated carbocycles. The van der Waals surface area contributed by atoms with E-state index in [0.29, 0.717) is 0 Å². The molecule has 0 spiro atoms. The molecule has 0 radical (unpaired) electrons. The minimum Gasteiger partial charge on any atom is -0.384 e. The molecule has 2 aromatic rings. The van der Waals surface area contributed by atoms with Gasteiger partial charge in [-0.25, -0.2) is 0 Å². The Labute approximate surface area is 109 Å². The Kier molecular flexibility index (Phi) is 5.28. The molecule has 0 bridgehead atoms. The fraction of sp³-hybridized carbons (Fsp3) is 0.250. The van der Waals surface area contributed by atoms with Gasteiger partial charge in [-0.2, -0.15) is 0 Å². The van der Waals surface area contributed by atoms with Crippen molar-refractivity contribution in [2.75, 3.05) is 25.0 Å². The molecule has 0 amide bonds. The zero-order valence-corrected chi connectivity index (χ0v) is 10.6. The van der Waals surface area contributed by atoms with Gasteiger partial charge in [0.05, 0.1) is 0 Å². The normalized spacial score (nSPS) is 10.2. The predicted octanol–water partition coefficient (Wildman–Crippen LogP) is 2.93. The highest BCUT2D eigenvalue weighted by Gasteiger charge is 1.92. The summed E-state index contributed by atoms with van der Waals surface area (Å²) in [7, 11) is 0. The first-order valence-corrected chi connectivity index (χ1v) is 6.49. The lowest BCUT2D eigenvalue weighted by atomic mass is 10.1. The van der Waals surface area contributed by atoms with E-state index in [9.17, 15) is 0 Å². The highest BCUT2D eigenvalue weighted by molar-refractivity contribution is 5.42. The molecule has 0 aliphatic rings. The number of rotatable bonds is 7. The number of anilines is 1. The highest BCUT2D eigenvalue weighted by Crippen LogP contribution is 2.03. The number of hydrogen-bond donors (Lipinski definition) is 2. The van der Waals surface area contributed by atoms with E-state index in [1.807, 2.05) is 18.2 Å². The van der Waals surface area contributed by atoms with Crippen LogP contribution in [-0.2, 0) is 6.42 Å². The minimum atomic E-state index is 0.957. The second kappa shape index (κ2) is 7.51. The van der Waals surface area contributed by atoms with Crippen LogP contribution in [0.2, 0.25) is 0 Å². The van der Waals surface area contributed by atoms with Gasteiger partial charge in [-0.15, -0.1) is 0 Å². The maximum absolute atomic E-state index is 3.44. The van der Waals surface area contributed by atoms with E-state index >= 15 is 0 Å². The van der Waals surface area contributed by atoms with Crippen molar-refractivity contribution in [3.05, 3.63) is 66.2 Å². The van der Waals surface area contributed by atoms with Crippen LogP contribution in [0, 0.1) is 0 Å². The lowest BCUT2D eigenvalue weighted by Gasteiger charge is -2.07. The molecule has 94 valence electrons. The van der Waals surface area contributed by atoms with Crippen molar-refractivity contribution in [3.63, 3.8) is 0 Å².